The molecule has 0 saturated carbocycles. The molecule has 0 fully saturated rings. The summed E-state index contributed by atoms with van der Waals surface area (Å²) in [6.45, 7) is 0. The van der Waals surface area contributed by atoms with Gasteiger partial charge in [0, 0.05) is 19.8 Å². The maximum Gasteiger partial charge on any atom is 0.184 e. The number of fused-ring (bicyclic) bond motifs is 1. The van der Waals surface area contributed by atoms with E-state index < -0.39 is 0 Å². The van der Waals surface area contributed by atoms with E-state index in [0.717, 1.165) is 16.4 Å². The van der Waals surface area contributed by atoms with E-state index in [1.54, 1.807) is 11.2 Å². The molecule has 0 spiro atoms. The Bertz CT molecular complexity index is 711. The molecule has 112 valence electrons. The van der Waals surface area contributed by atoms with Crippen molar-refractivity contribution >= 4 is 28.5 Å². The standard InChI is InChI=1S/C15H16N6S/c1-20(2)12-6-4-10(5-7-12)13-18-14-11(8-16)9-17-15(22-3)21(14)19-13/h4-7,9,13,19H,1-3H3. The largest absolute Gasteiger partial charge is 0.378 e. The minimum absolute atomic E-state index is 0.210. The number of hydrazine groups is 1. The summed E-state index contributed by atoms with van der Waals surface area (Å²) in [5.74, 6) is 0.628. The van der Waals surface area contributed by atoms with E-state index in [-0.39, 0.29) is 6.17 Å². The van der Waals surface area contributed by atoms with Gasteiger partial charge in [0.2, 0.25) is 0 Å². The zero-order chi connectivity index (χ0) is 15.7. The zero-order valence-corrected chi connectivity index (χ0v) is 13.4. The first-order valence-corrected chi connectivity index (χ1v) is 8.00. The van der Waals surface area contributed by atoms with Gasteiger partial charge in [-0.3, -0.25) is 0 Å². The van der Waals surface area contributed by atoms with Crippen molar-refractivity contribution in [2.24, 2.45) is 9.98 Å². The van der Waals surface area contributed by atoms with Crippen LogP contribution < -0.4 is 10.3 Å². The number of aliphatic imine (C=N–C) groups is 2. The van der Waals surface area contributed by atoms with Crippen molar-refractivity contribution in [3.05, 3.63) is 41.6 Å². The third-order valence-corrected chi connectivity index (χ3v) is 4.13. The van der Waals surface area contributed by atoms with Crippen LogP contribution in [-0.2, 0) is 0 Å². The Morgan fingerprint density at radius 2 is 2.05 bits per heavy atom. The molecule has 0 saturated heterocycles. The molecule has 7 heteroatoms. The first-order valence-electron chi connectivity index (χ1n) is 6.78. The minimum Gasteiger partial charge on any atom is -0.378 e. The summed E-state index contributed by atoms with van der Waals surface area (Å²) >= 11 is 1.51. The Hall–Kier alpha value is -2.30. The smallest absolute Gasteiger partial charge is 0.184 e. The van der Waals surface area contributed by atoms with E-state index in [2.05, 4.69) is 38.5 Å². The summed E-state index contributed by atoms with van der Waals surface area (Å²) < 4.78 is 0. The number of hydrogen-bond acceptors (Lipinski definition) is 7. The lowest BCUT2D eigenvalue weighted by molar-refractivity contribution is 0.424. The Morgan fingerprint density at radius 1 is 1.32 bits per heavy atom. The van der Waals surface area contributed by atoms with Crippen LogP contribution >= 0.6 is 11.8 Å². The molecule has 1 unspecified atom stereocenters. The van der Waals surface area contributed by atoms with E-state index >= 15 is 0 Å². The lowest BCUT2D eigenvalue weighted by Gasteiger charge is -2.23. The number of benzene rings is 1. The molecule has 0 radical (unpaired) electrons. The lowest BCUT2D eigenvalue weighted by atomic mass is 10.1. The molecule has 1 aromatic carbocycles. The van der Waals surface area contributed by atoms with Crippen molar-refractivity contribution in [2.75, 3.05) is 25.3 Å². The van der Waals surface area contributed by atoms with Crippen molar-refractivity contribution < 1.29 is 0 Å². The fraction of sp³-hybridized carbons (Fsp3) is 0.267. The third-order valence-electron chi connectivity index (χ3n) is 3.48. The minimum atomic E-state index is -0.210. The van der Waals surface area contributed by atoms with E-state index in [1.807, 2.05) is 32.5 Å². The fourth-order valence-electron chi connectivity index (χ4n) is 2.29. The molecule has 0 bridgehead atoms. The summed E-state index contributed by atoms with van der Waals surface area (Å²) in [5.41, 5.74) is 5.95. The van der Waals surface area contributed by atoms with E-state index in [0.29, 0.717) is 11.4 Å². The van der Waals surface area contributed by atoms with Gasteiger partial charge in [-0.25, -0.2) is 15.0 Å². The van der Waals surface area contributed by atoms with Crippen LogP contribution in [0.4, 0.5) is 5.69 Å². The average molecular weight is 312 g/mol. The molecule has 1 aromatic rings. The molecule has 6 nitrogen and oxygen atoms in total. The molecule has 3 rings (SSSR count). The molecule has 1 atom stereocenters. The van der Waals surface area contributed by atoms with Crippen molar-refractivity contribution in [1.82, 2.24) is 10.4 Å². The number of thioether (sulfide) groups is 1. The highest BCUT2D eigenvalue weighted by molar-refractivity contribution is 8.13. The summed E-state index contributed by atoms with van der Waals surface area (Å²) in [6, 6.07) is 10.3. The monoisotopic (exact) mass is 312 g/mol. The van der Waals surface area contributed by atoms with Gasteiger partial charge in [-0.1, -0.05) is 23.9 Å². The molecule has 0 amide bonds. The molecule has 22 heavy (non-hydrogen) atoms. The molecule has 1 N–H and O–H groups in total. The van der Waals surface area contributed by atoms with Crippen LogP contribution in [0.15, 0.2) is 46.0 Å². The molecule has 0 aliphatic carbocycles. The Labute approximate surface area is 133 Å². The summed E-state index contributed by atoms with van der Waals surface area (Å²) in [5, 5.41) is 11.8. The highest BCUT2D eigenvalue weighted by Crippen LogP contribution is 2.28. The normalized spacial score (nSPS) is 19.8. The average Bonchev–Trinajstić information content (AvgIpc) is 2.99. The van der Waals surface area contributed by atoms with Crippen molar-refractivity contribution in [1.29, 1.82) is 5.26 Å². The quantitative estimate of drug-likeness (QED) is 0.906. The third kappa shape index (κ3) is 2.47. The number of nitrogens with zero attached hydrogens (tertiary/aromatic N) is 5. The first-order chi connectivity index (χ1) is 10.6. The maximum atomic E-state index is 9.22. The van der Waals surface area contributed by atoms with Gasteiger partial charge in [0.15, 0.2) is 11.0 Å². The number of anilines is 1. The van der Waals surface area contributed by atoms with Gasteiger partial charge in [0.05, 0.1) is 6.20 Å². The van der Waals surface area contributed by atoms with Crippen LogP contribution in [0.2, 0.25) is 0 Å². The Morgan fingerprint density at radius 3 is 2.64 bits per heavy atom. The summed E-state index contributed by atoms with van der Waals surface area (Å²) in [4.78, 5) is 11.0. The zero-order valence-electron chi connectivity index (χ0n) is 12.6. The molecule has 2 aliphatic rings. The SMILES string of the molecule is CSC1=NC=C(C#N)C2=NC(c3ccc(N(C)C)cc3)NN12. The van der Waals surface area contributed by atoms with Gasteiger partial charge in [0.1, 0.15) is 17.8 Å². The number of nitriles is 1. The van der Waals surface area contributed by atoms with E-state index in [4.69, 9.17) is 0 Å². The number of amidine groups is 2. The first kappa shape index (κ1) is 14.6. The fourth-order valence-corrected chi connectivity index (χ4v) is 2.77. The van der Waals surface area contributed by atoms with E-state index in [1.165, 1.54) is 11.8 Å². The lowest BCUT2D eigenvalue weighted by Crippen LogP contribution is -2.43. The molecule has 2 heterocycles. The molecule has 0 aromatic heterocycles. The number of nitrogens with one attached hydrogen (secondary N) is 1. The van der Waals surface area contributed by atoms with Crippen LogP contribution in [0.25, 0.3) is 0 Å². The topological polar surface area (TPSA) is 67.0 Å². The van der Waals surface area contributed by atoms with Gasteiger partial charge in [-0.15, -0.1) is 0 Å². The Balaban J connectivity index is 1.90. The van der Waals surface area contributed by atoms with Gasteiger partial charge in [0.25, 0.3) is 0 Å². The highest BCUT2D eigenvalue weighted by atomic mass is 32.2. The van der Waals surface area contributed by atoms with Crippen LogP contribution in [0.3, 0.4) is 0 Å². The highest BCUT2D eigenvalue weighted by Gasteiger charge is 2.33. The number of rotatable bonds is 2. The van der Waals surface area contributed by atoms with Gasteiger partial charge >= 0.3 is 0 Å². The molecular formula is C15H16N6S. The van der Waals surface area contributed by atoms with E-state index in [9.17, 15) is 5.26 Å². The van der Waals surface area contributed by atoms with Crippen LogP contribution in [0.1, 0.15) is 11.7 Å². The van der Waals surface area contributed by atoms with Crippen molar-refractivity contribution in [3.63, 3.8) is 0 Å². The predicted molar refractivity (Wildman–Crippen MR) is 90.6 cm³/mol. The second-order valence-electron chi connectivity index (χ2n) is 5.08. The maximum absolute atomic E-state index is 9.22. The Kier molecular flexibility index (Phi) is 3.88. The van der Waals surface area contributed by atoms with Gasteiger partial charge in [-0.05, 0) is 24.0 Å². The second kappa shape index (κ2) is 5.83. The summed E-state index contributed by atoms with van der Waals surface area (Å²) in [7, 11) is 4.02. The van der Waals surface area contributed by atoms with Crippen molar-refractivity contribution in [3.8, 4) is 6.07 Å². The van der Waals surface area contributed by atoms with Gasteiger partial charge < -0.3 is 4.90 Å². The van der Waals surface area contributed by atoms with Gasteiger partial charge in [-0.2, -0.15) is 10.7 Å². The second-order valence-corrected chi connectivity index (χ2v) is 5.85. The summed E-state index contributed by atoms with van der Waals surface area (Å²) in [6.07, 6.45) is 3.31. The van der Waals surface area contributed by atoms with Crippen LogP contribution in [-0.4, -0.2) is 36.4 Å². The molecular weight excluding hydrogens is 296 g/mol. The predicted octanol–water partition coefficient (Wildman–Crippen LogP) is 2.11. The van der Waals surface area contributed by atoms with Crippen LogP contribution in [0, 0.1) is 11.3 Å². The van der Waals surface area contributed by atoms with Crippen LogP contribution in [0.5, 0.6) is 0 Å². The van der Waals surface area contributed by atoms with Crippen molar-refractivity contribution in [2.45, 2.75) is 6.17 Å². The number of hydrogen-bond donors (Lipinski definition) is 1. The molecule has 2 aliphatic heterocycles.